The van der Waals surface area contributed by atoms with E-state index in [0.717, 1.165) is 48.6 Å². The van der Waals surface area contributed by atoms with Gasteiger partial charge in [0.1, 0.15) is 5.75 Å². The monoisotopic (exact) mass is 407 g/mol. The summed E-state index contributed by atoms with van der Waals surface area (Å²) in [6.07, 6.45) is 0.910. The number of aromatic nitrogens is 1. The Morgan fingerprint density at radius 1 is 1.14 bits per heavy atom. The van der Waals surface area contributed by atoms with Crippen molar-refractivity contribution in [1.82, 2.24) is 9.88 Å². The van der Waals surface area contributed by atoms with Crippen LogP contribution >= 0.6 is 11.3 Å². The Hall–Kier alpha value is -2.70. The average molecular weight is 408 g/mol. The van der Waals surface area contributed by atoms with E-state index in [2.05, 4.69) is 39.5 Å². The molecule has 0 radical (unpaired) electrons. The number of carbonyl (C=O) groups is 1. The molecule has 0 saturated heterocycles. The average Bonchev–Trinajstić information content (AvgIpc) is 3.10. The van der Waals surface area contributed by atoms with Gasteiger partial charge in [-0.05, 0) is 30.5 Å². The highest BCUT2D eigenvalue weighted by molar-refractivity contribution is 7.15. The molecule has 1 aliphatic rings. The van der Waals surface area contributed by atoms with Gasteiger partial charge in [-0.2, -0.15) is 0 Å². The predicted molar refractivity (Wildman–Crippen MR) is 116 cm³/mol. The second kappa shape index (κ2) is 8.76. The number of nitrogens with one attached hydrogen (secondary N) is 1. The Morgan fingerprint density at radius 2 is 1.90 bits per heavy atom. The summed E-state index contributed by atoms with van der Waals surface area (Å²) >= 11 is 1.57. The number of carbonyl (C=O) groups excluding carboxylic acids is 1. The molecule has 0 aliphatic carbocycles. The lowest BCUT2D eigenvalue weighted by Crippen LogP contribution is -2.29. The molecule has 0 bridgehead atoms. The first-order valence-corrected chi connectivity index (χ1v) is 10.6. The fourth-order valence-electron chi connectivity index (χ4n) is 3.60. The number of amides is 1. The molecular formula is C23H25N3O2S. The number of aryl methyl sites for hydroxylation is 2. The topological polar surface area (TPSA) is 54.5 Å². The number of nitrogens with zero attached hydrogens (tertiary/aromatic N) is 2. The van der Waals surface area contributed by atoms with Crippen LogP contribution in [0.4, 0.5) is 5.13 Å². The second-order valence-corrected chi connectivity index (χ2v) is 8.48. The minimum Gasteiger partial charge on any atom is -0.483 e. The summed E-state index contributed by atoms with van der Waals surface area (Å²) in [4.78, 5) is 20.6. The second-order valence-electron chi connectivity index (χ2n) is 7.39. The van der Waals surface area contributed by atoms with Gasteiger partial charge in [0.2, 0.25) is 0 Å². The number of hydrogen-bond acceptors (Lipinski definition) is 5. The van der Waals surface area contributed by atoms with E-state index >= 15 is 0 Å². The molecule has 150 valence electrons. The molecule has 6 heteroatoms. The molecule has 1 aromatic heterocycles. The van der Waals surface area contributed by atoms with Gasteiger partial charge in [-0.3, -0.25) is 15.0 Å². The van der Waals surface area contributed by atoms with Crippen molar-refractivity contribution < 1.29 is 9.53 Å². The van der Waals surface area contributed by atoms with Gasteiger partial charge in [0.05, 0.1) is 5.69 Å². The fourth-order valence-corrected chi connectivity index (χ4v) is 4.67. The molecule has 2 heterocycles. The zero-order chi connectivity index (χ0) is 20.2. The highest BCUT2D eigenvalue weighted by Crippen LogP contribution is 2.29. The van der Waals surface area contributed by atoms with Gasteiger partial charge in [-0.1, -0.05) is 48.5 Å². The first-order chi connectivity index (χ1) is 14.1. The number of hydrogen-bond donors (Lipinski definition) is 1. The Balaban J connectivity index is 1.34. The maximum Gasteiger partial charge on any atom is 0.264 e. The molecule has 1 N–H and O–H groups in total. The lowest BCUT2D eigenvalue weighted by atomic mass is 10.1. The predicted octanol–water partition coefficient (Wildman–Crippen LogP) is 4.34. The van der Waals surface area contributed by atoms with Gasteiger partial charge in [-0.25, -0.2) is 4.98 Å². The highest BCUT2D eigenvalue weighted by atomic mass is 32.1. The molecule has 0 fully saturated rings. The number of benzene rings is 2. The molecule has 5 nitrogen and oxygen atoms in total. The molecule has 0 saturated carbocycles. The van der Waals surface area contributed by atoms with E-state index in [1.165, 1.54) is 10.4 Å². The number of ether oxygens (including phenoxy) is 1. The number of fused-ring (bicyclic) bond motifs is 1. The summed E-state index contributed by atoms with van der Waals surface area (Å²) in [5.74, 6) is 0.595. The Kier molecular flexibility index (Phi) is 5.92. The summed E-state index contributed by atoms with van der Waals surface area (Å²) in [6.45, 7) is 6.73. The third-order valence-electron chi connectivity index (χ3n) is 5.06. The van der Waals surface area contributed by atoms with Crippen LogP contribution < -0.4 is 10.1 Å². The van der Waals surface area contributed by atoms with Crippen LogP contribution in [0.15, 0.2) is 48.5 Å². The largest absolute Gasteiger partial charge is 0.483 e. The molecule has 1 amide bonds. The molecule has 0 unspecified atom stereocenters. The van der Waals surface area contributed by atoms with Crippen LogP contribution in [-0.2, 0) is 24.3 Å². The normalized spacial score (nSPS) is 13.7. The van der Waals surface area contributed by atoms with E-state index in [1.54, 1.807) is 11.3 Å². The van der Waals surface area contributed by atoms with Crippen molar-refractivity contribution >= 4 is 22.4 Å². The third kappa shape index (κ3) is 4.83. The summed E-state index contributed by atoms with van der Waals surface area (Å²) < 4.78 is 5.74. The van der Waals surface area contributed by atoms with Gasteiger partial charge in [0.15, 0.2) is 11.7 Å². The van der Waals surface area contributed by atoms with Crippen molar-refractivity contribution in [3.8, 4) is 5.75 Å². The lowest BCUT2D eigenvalue weighted by molar-refractivity contribution is -0.118. The Labute approximate surface area is 175 Å². The molecule has 2 aromatic carbocycles. The maximum atomic E-state index is 12.3. The van der Waals surface area contributed by atoms with Crippen molar-refractivity contribution in [2.45, 2.75) is 33.4 Å². The standard InChI is InChI=1S/C23H25N3O2S/c1-16-7-6-8-17(2)22(16)28-15-21(27)25-23-24-19-11-12-26(14-20(19)29-23)13-18-9-4-3-5-10-18/h3-10H,11-15H2,1-2H3,(H,24,25,27). The summed E-state index contributed by atoms with van der Waals surface area (Å²) in [6, 6.07) is 16.5. The quantitative estimate of drug-likeness (QED) is 0.661. The van der Waals surface area contributed by atoms with Crippen LogP contribution in [-0.4, -0.2) is 28.9 Å². The Morgan fingerprint density at radius 3 is 2.66 bits per heavy atom. The first kappa shape index (κ1) is 19.6. The minimum atomic E-state index is -0.181. The summed E-state index contributed by atoms with van der Waals surface area (Å²) in [5, 5.41) is 3.56. The van der Waals surface area contributed by atoms with E-state index < -0.39 is 0 Å². The zero-order valence-corrected chi connectivity index (χ0v) is 17.6. The van der Waals surface area contributed by atoms with E-state index in [4.69, 9.17) is 4.74 Å². The van der Waals surface area contributed by atoms with Gasteiger partial charge in [0, 0.05) is 30.9 Å². The fraction of sp³-hybridized carbons (Fsp3) is 0.304. The summed E-state index contributed by atoms with van der Waals surface area (Å²) in [7, 11) is 0. The van der Waals surface area contributed by atoms with Crippen LogP contribution in [0.1, 0.15) is 27.3 Å². The molecular weight excluding hydrogens is 382 g/mol. The molecule has 3 aromatic rings. The van der Waals surface area contributed by atoms with E-state index in [-0.39, 0.29) is 12.5 Å². The Bertz CT molecular complexity index is 980. The van der Waals surface area contributed by atoms with Gasteiger partial charge in [0.25, 0.3) is 5.91 Å². The summed E-state index contributed by atoms with van der Waals surface area (Å²) in [5.41, 5.74) is 4.48. The molecule has 29 heavy (non-hydrogen) atoms. The van der Waals surface area contributed by atoms with Crippen LogP contribution in [0, 0.1) is 13.8 Å². The molecule has 0 atom stereocenters. The zero-order valence-electron chi connectivity index (χ0n) is 16.8. The SMILES string of the molecule is Cc1cccc(C)c1OCC(=O)Nc1nc2c(s1)CN(Cc1ccccc1)CC2. The highest BCUT2D eigenvalue weighted by Gasteiger charge is 2.21. The van der Waals surface area contributed by atoms with Crippen molar-refractivity contribution in [3.63, 3.8) is 0 Å². The number of thiazole rings is 1. The van der Waals surface area contributed by atoms with E-state index in [9.17, 15) is 4.79 Å². The van der Waals surface area contributed by atoms with Gasteiger partial charge in [-0.15, -0.1) is 11.3 Å². The lowest BCUT2D eigenvalue weighted by Gasteiger charge is -2.25. The van der Waals surface area contributed by atoms with E-state index in [1.807, 2.05) is 38.1 Å². The van der Waals surface area contributed by atoms with Crippen molar-refractivity contribution in [1.29, 1.82) is 0 Å². The molecule has 1 aliphatic heterocycles. The number of anilines is 1. The maximum absolute atomic E-state index is 12.3. The van der Waals surface area contributed by atoms with Crippen LogP contribution in [0.5, 0.6) is 5.75 Å². The third-order valence-corrected chi connectivity index (χ3v) is 6.06. The van der Waals surface area contributed by atoms with E-state index in [0.29, 0.717) is 5.13 Å². The van der Waals surface area contributed by atoms with Crippen molar-refractivity contribution in [2.24, 2.45) is 0 Å². The van der Waals surface area contributed by atoms with Gasteiger partial charge < -0.3 is 4.74 Å². The van der Waals surface area contributed by atoms with Crippen LogP contribution in [0.2, 0.25) is 0 Å². The number of para-hydroxylation sites is 1. The van der Waals surface area contributed by atoms with Gasteiger partial charge >= 0.3 is 0 Å². The van der Waals surface area contributed by atoms with Crippen molar-refractivity contribution in [2.75, 3.05) is 18.5 Å². The first-order valence-electron chi connectivity index (χ1n) is 9.82. The number of rotatable bonds is 6. The molecule has 4 rings (SSSR count). The minimum absolute atomic E-state index is 0.0178. The molecule has 0 spiro atoms. The van der Waals surface area contributed by atoms with Crippen LogP contribution in [0.25, 0.3) is 0 Å². The smallest absolute Gasteiger partial charge is 0.264 e. The van der Waals surface area contributed by atoms with Crippen LogP contribution in [0.3, 0.4) is 0 Å². The van der Waals surface area contributed by atoms with Crippen molar-refractivity contribution in [3.05, 3.63) is 75.8 Å².